The summed E-state index contributed by atoms with van der Waals surface area (Å²) in [6.07, 6.45) is 3.49. The van der Waals surface area contributed by atoms with Crippen LogP contribution in [-0.2, 0) is 20.8 Å². The van der Waals surface area contributed by atoms with Gasteiger partial charge in [0.2, 0.25) is 17.7 Å². The zero-order valence-corrected chi connectivity index (χ0v) is 12.3. The van der Waals surface area contributed by atoms with Crippen LogP contribution in [0.5, 0.6) is 0 Å². The van der Waals surface area contributed by atoms with E-state index in [-0.39, 0.29) is 30.1 Å². The largest absolute Gasteiger partial charge is 0.312 e. The molecule has 1 saturated carbocycles. The van der Waals surface area contributed by atoms with Crippen LogP contribution >= 0.6 is 0 Å². The Kier molecular flexibility index (Phi) is 4.09. The fourth-order valence-electron chi connectivity index (χ4n) is 2.52. The van der Waals surface area contributed by atoms with Crippen LogP contribution in [0.15, 0.2) is 24.3 Å². The first-order chi connectivity index (χ1) is 10.6. The Morgan fingerprint density at radius 3 is 2.45 bits per heavy atom. The average Bonchev–Trinajstić information content (AvgIpc) is 3.28. The van der Waals surface area contributed by atoms with Crippen LogP contribution < -0.4 is 15.8 Å². The van der Waals surface area contributed by atoms with E-state index in [2.05, 4.69) is 10.9 Å². The zero-order valence-electron chi connectivity index (χ0n) is 12.3. The predicted octanol–water partition coefficient (Wildman–Crippen LogP) is 0.913. The summed E-state index contributed by atoms with van der Waals surface area (Å²) in [6.45, 7) is 0.756. The summed E-state index contributed by atoms with van der Waals surface area (Å²) in [5.74, 6) is -0.152. The van der Waals surface area contributed by atoms with E-state index < -0.39 is 0 Å². The molecule has 0 radical (unpaired) electrons. The third-order valence-electron chi connectivity index (χ3n) is 3.96. The average molecular weight is 301 g/mol. The van der Waals surface area contributed by atoms with E-state index in [1.165, 1.54) is 0 Å². The lowest BCUT2D eigenvalue weighted by atomic mass is 10.1. The summed E-state index contributed by atoms with van der Waals surface area (Å²) in [5, 5.41) is 0. The van der Waals surface area contributed by atoms with Crippen molar-refractivity contribution in [3.63, 3.8) is 0 Å². The number of rotatable bonds is 4. The van der Waals surface area contributed by atoms with Gasteiger partial charge in [-0.2, -0.15) is 0 Å². The summed E-state index contributed by atoms with van der Waals surface area (Å²) >= 11 is 0. The van der Waals surface area contributed by atoms with Gasteiger partial charge in [-0.25, -0.2) is 0 Å². The van der Waals surface area contributed by atoms with Crippen LogP contribution in [0.25, 0.3) is 0 Å². The number of carbonyl (C=O) groups is 3. The first-order valence-electron chi connectivity index (χ1n) is 7.61. The monoisotopic (exact) mass is 301 g/mol. The van der Waals surface area contributed by atoms with Gasteiger partial charge in [-0.1, -0.05) is 12.1 Å². The molecule has 6 nitrogen and oxygen atoms in total. The molecule has 0 bridgehead atoms. The Morgan fingerprint density at radius 2 is 1.86 bits per heavy atom. The molecule has 2 fully saturated rings. The molecule has 6 heteroatoms. The van der Waals surface area contributed by atoms with Gasteiger partial charge in [0.1, 0.15) is 0 Å². The van der Waals surface area contributed by atoms with Crippen molar-refractivity contribution in [3.05, 3.63) is 29.8 Å². The SMILES string of the molecule is O=C(Cc1ccc(N2CCCC2=O)cc1)NNC(=O)C1CC1. The third kappa shape index (κ3) is 3.44. The highest BCUT2D eigenvalue weighted by atomic mass is 16.2. The molecule has 3 rings (SSSR count). The van der Waals surface area contributed by atoms with E-state index in [9.17, 15) is 14.4 Å². The maximum Gasteiger partial charge on any atom is 0.242 e. The van der Waals surface area contributed by atoms with Gasteiger partial charge in [0, 0.05) is 24.6 Å². The molecule has 0 unspecified atom stereocenters. The molecule has 22 heavy (non-hydrogen) atoms. The van der Waals surface area contributed by atoms with Crippen LogP contribution in [0.2, 0.25) is 0 Å². The van der Waals surface area contributed by atoms with Gasteiger partial charge in [-0.05, 0) is 37.0 Å². The molecule has 116 valence electrons. The van der Waals surface area contributed by atoms with Crippen molar-refractivity contribution in [2.75, 3.05) is 11.4 Å². The van der Waals surface area contributed by atoms with Crippen LogP contribution in [0, 0.1) is 5.92 Å². The number of carbonyl (C=O) groups excluding carboxylic acids is 3. The Labute approximate surface area is 128 Å². The molecule has 2 aliphatic rings. The molecule has 0 aromatic heterocycles. The van der Waals surface area contributed by atoms with Crippen LogP contribution in [0.1, 0.15) is 31.2 Å². The molecule has 0 spiro atoms. The number of nitrogens with one attached hydrogen (secondary N) is 2. The standard InChI is InChI=1S/C16H19N3O3/c20-14(17-18-16(22)12-5-6-12)10-11-3-7-13(8-4-11)19-9-1-2-15(19)21/h3-4,7-8,12H,1-2,5-6,9-10H2,(H,17,20)(H,18,22). The van der Waals surface area contributed by atoms with Gasteiger partial charge in [-0.3, -0.25) is 25.2 Å². The quantitative estimate of drug-likeness (QED) is 0.812. The minimum atomic E-state index is -0.251. The summed E-state index contributed by atoms with van der Waals surface area (Å²) < 4.78 is 0. The van der Waals surface area contributed by atoms with Crippen molar-refractivity contribution < 1.29 is 14.4 Å². The number of anilines is 1. The highest BCUT2D eigenvalue weighted by Crippen LogP contribution is 2.28. The molecule has 1 aliphatic heterocycles. The van der Waals surface area contributed by atoms with Crippen molar-refractivity contribution in [2.45, 2.75) is 32.1 Å². The summed E-state index contributed by atoms with van der Waals surface area (Å²) in [4.78, 5) is 36.6. The number of benzene rings is 1. The van der Waals surface area contributed by atoms with Crippen LogP contribution in [0.3, 0.4) is 0 Å². The maximum absolute atomic E-state index is 11.8. The first kappa shape index (κ1) is 14.6. The van der Waals surface area contributed by atoms with E-state index in [1.807, 2.05) is 24.3 Å². The number of amides is 3. The predicted molar refractivity (Wildman–Crippen MR) is 80.7 cm³/mol. The third-order valence-corrected chi connectivity index (χ3v) is 3.96. The van der Waals surface area contributed by atoms with E-state index in [0.717, 1.165) is 37.1 Å². The van der Waals surface area contributed by atoms with Crippen molar-refractivity contribution >= 4 is 23.4 Å². The molecule has 1 saturated heterocycles. The second kappa shape index (κ2) is 6.17. The van der Waals surface area contributed by atoms with Crippen molar-refractivity contribution in [3.8, 4) is 0 Å². The highest BCUT2D eigenvalue weighted by Gasteiger charge is 2.29. The molecule has 1 aliphatic carbocycles. The molecule has 1 aromatic carbocycles. The molecular formula is C16H19N3O3. The van der Waals surface area contributed by atoms with E-state index >= 15 is 0 Å². The Balaban J connectivity index is 1.50. The molecule has 0 atom stereocenters. The number of hydrogen-bond acceptors (Lipinski definition) is 3. The molecule has 3 amide bonds. The minimum Gasteiger partial charge on any atom is -0.312 e. The zero-order chi connectivity index (χ0) is 15.5. The Hall–Kier alpha value is -2.37. The second-order valence-corrected chi connectivity index (χ2v) is 5.80. The lowest BCUT2D eigenvalue weighted by molar-refractivity contribution is -0.129. The van der Waals surface area contributed by atoms with Gasteiger partial charge < -0.3 is 4.90 Å². The van der Waals surface area contributed by atoms with Crippen LogP contribution in [0.4, 0.5) is 5.69 Å². The van der Waals surface area contributed by atoms with Crippen LogP contribution in [-0.4, -0.2) is 24.3 Å². The number of nitrogens with zero attached hydrogens (tertiary/aromatic N) is 1. The summed E-state index contributed by atoms with van der Waals surface area (Å²) in [5.41, 5.74) is 6.57. The van der Waals surface area contributed by atoms with E-state index in [4.69, 9.17) is 0 Å². The minimum absolute atomic E-state index is 0.0672. The summed E-state index contributed by atoms with van der Waals surface area (Å²) in [7, 11) is 0. The molecule has 2 N–H and O–H groups in total. The topological polar surface area (TPSA) is 78.5 Å². The van der Waals surface area contributed by atoms with Gasteiger partial charge in [0.15, 0.2) is 0 Å². The van der Waals surface area contributed by atoms with Gasteiger partial charge in [0.05, 0.1) is 6.42 Å². The van der Waals surface area contributed by atoms with Gasteiger partial charge >= 0.3 is 0 Å². The normalized spacial score (nSPS) is 17.5. The summed E-state index contributed by atoms with van der Waals surface area (Å²) in [6, 6.07) is 7.38. The van der Waals surface area contributed by atoms with Gasteiger partial charge in [0.25, 0.3) is 0 Å². The maximum atomic E-state index is 11.8. The van der Waals surface area contributed by atoms with E-state index in [0.29, 0.717) is 6.42 Å². The lowest BCUT2D eigenvalue weighted by Crippen LogP contribution is -2.43. The first-order valence-corrected chi connectivity index (χ1v) is 7.61. The second-order valence-electron chi connectivity index (χ2n) is 5.80. The molecule has 1 aromatic rings. The smallest absolute Gasteiger partial charge is 0.242 e. The fraction of sp³-hybridized carbons (Fsp3) is 0.438. The highest BCUT2D eigenvalue weighted by molar-refractivity contribution is 5.95. The Bertz CT molecular complexity index is 593. The van der Waals surface area contributed by atoms with Crippen molar-refractivity contribution in [1.82, 2.24) is 10.9 Å². The Morgan fingerprint density at radius 1 is 1.14 bits per heavy atom. The van der Waals surface area contributed by atoms with Crippen molar-refractivity contribution in [1.29, 1.82) is 0 Å². The number of hydrazine groups is 1. The van der Waals surface area contributed by atoms with E-state index in [1.54, 1.807) is 4.90 Å². The molecular weight excluding hydrogens is 282 g/mol. The number of hydrogen-bond donors (Lipinski definition) is 2. The van der Waals surface area contributed by atoms with Crippen molar-refractivity contribution in [2.24, 2.45) is 5.92 Å². The molecule has 1 heterocycles. The lowest BCUT2D eigenvalue weighted by Gasteiger charge is -2.15. The fourth-order valence-corrected chi connectivity index (χ4v) is 2.52. The van der Waals surface area contributed by atoms with Gasteiger partial charge in [-0.15, -0.1) is 0 Å².